The fourth-order valence-corrected chi connectivity index (χ4v) is 6.02. The van der Waals surface area contributed by atoms with Crippen molar-refractivity contribution in [2.24, 2.45) is 0 Å². The Bertz CT molecular complexity index is 1440. The minimum absolute atomic E-state index is 0.00135. The van der Waals surface area contributed by atoms with Gasteiger partial charge in [0.1, 0.15) is 18.3 Å². The summed E-state index contributed by atoms with van der Waals surface area (Å²) in [6.45, 7) is 5.39. The predicted molar refractivity (Wildman–Crippen MR) is 161 cm³/mol. The van der Waals surface area contributed by atoms with Gasteiger partial charge in [0.15, 0.2) is 0 Å². The molecule has 0 radical (unpaired) electrons. The van der Waals surface area contributed by atoms with E-state index in [1.54, 1.807) is 68.4 Å². The van der Waals surface area contributed by atoms with Crippen LogP contribution in [0.2, 0.25) is 10.0 Å². The van der Waals surface area contributed by atoms with Crippen LogP contribution >= 0.6 is 39.1 Å². The molecule has 0 aromatic heterocycles. The number of carbonyl (C=O) groups excluding carboxylic acids is 2. The second-order valence-corrected chi connectivity index (χ2v) is 12.3. The van der Waals surface area contributed by atoms with E-state index in [-0.39, 0.29) is 23.0 Å². The van der Waals surface area contributed by atoms with Crippen molar-refractivity contribution in [1.29, 1.82) is 0 Å². The number of anilines is 1. The second kappa shape index (κ2) is 14.2. The van der Waals surface area contributed by atoms with Crippen molar-refractivity contribution in [2.45, 2.75) is 38.3 Å². The molecule has 12 heteroatoms. The van der Waals surface area contributed by atoms with Gasteiger partial charge in [-0.25, -0.2) is 8.42 Å². The molecule has 214 valence electrons. The Morgan fingerprint density at radius 3 is 2.23 bits per heavy atom. The first-order chi connectivity index (χ1) is 19.0. The lowest BCUT2D eigenvalue weighted by Gasteiger charge is -2.32. The van der Waals surface area contributed by atoms with E-state index in [9.17, 15) is 18.0 Å². The van der Waals surface area contributed by atoms with Crippen molar-refractivity contribution in [3.63, 3.8) is 0 Å². The maximum atomic E-state index is 13.9. The van der Waals surface area contributed by atoms with E-state index in [0.29, 0.717) is 39.0 Å². The highest BCUT2D eigenvalue weighted by Crippen LogP contribution is 2.28. The third-order valence-electron chi connectivity index (χ3n) is 5.99. The van der Waals surface area contributed by atoms with Crippen LogP contribution in [0.4, 0.5) is 5.69 Å². The fourth-order valence-electron chi connectivity index (χ4n) is 3.88. The van der Waals surface area contributed by atoms with Gasteiger partial charge in [0.25, 0.3) is 10.0 Å². The van der Waals surface area contributed by atoms with Crippen molar-refractivity contribution in [2.75, 3.05) is 24.0 Å². The van der Waals surface area contributed by atoms with Crippen LogP contribution in [-0.2, 0) is 26.2 Å². The number of sulfonamides is 1. The number of benzene rings is 3. The monoisotopic (exact) mass is 669 g/mol. The van der Waals surface area contributed by atoms with E-state index < -0.39 is 28.5 Å². The second-order valence-electron chi connectivity index (χ2n) is 8.72. The zero-order valence-corrected chi connectivity index (χ0v) is 26.1. The van der Waals surface area contributed by atoms with Gasteiger partial charge >= 0.3 is 0 Å². The quantitative estimate of drug-likeness (QED) is 0.259. The van der Waals surface area contributed by atoms with Crippen molar-refractivity contribution < 1.29 is 22.7 Å². The number of rotatable bonds is 12. The molecule has 0 aliphatic heterocycles. The summed E-state index contributed by atoms with van der Waals surface area (Å²) >= 11 is 15.7. The Morgan fingerprint density at radius 2 is 1.65 bits per heavy atom. The summed E-state index contributed by atoms with van der Waals surface area (Å²) in [6, 6.07) is 16.5. The zero-order valence-electron chi connectivity index (χ0n) is 22.2. The lowest BCUT2D eigenvalue weighted by molar-refractivity contribution is -0.139. The zero-order chi connectivity index (χ0) is 29.4. The Balaban J connectivity index is 2.05. The molecule has 0 saturated heterocycles. The van der Waals surface area contributed by atoms with Gasteiger partial charge in [0.05, 0.1) is 17.2 Å². The number of ether oxygens (including phenoxy) is 1. The van der Waals surface area contributed by atoms with Crippen LogP contribution in [-0.4, -0.2) is 50.9 Å². The summed E-state index contributed by atoms with van der Waals surface area (Å²) in [4.78, 5) is 28.0. The molecule has 0 spiro atoms. The van der Waals surface area contributed by atoms with Crippen molar-refractivity contribution in [3.8, 4) is 5.75 Å². The van der Waals surface area contributed by atoms with Gasteiger partial charge in [-0.1, -0.05) is 45.2 Å². The Morgan fingerprint density at radius 1 is 1.00 bits per heavy atom. The fraction of sp³-hybridized carbons (Fsp3) is 0.286. The number of likely N-dealkylation sites (N-methyl/N-ethyl adjacent to an activating group) is 1. The van der Waals surface area contributed by atoms with Gasteiger partial charge in [-0.3, -0.25) is 13.9 Å². The minimum Gasteiger partial charge on any atom is -0.494 e. The first kappa shape index (κ1) is 31.7. The van der Waals surface area contributed by atoms with Crippen molar-refractivity contribution >= 4 is 66.7 Å². The van der Waals surface area contributed by atoms with E-state index in [0.717, 1.165) is 4.31 Å². The van der Waals surface area contributed by atoms with Crippen LogP contribution in [0.3, 0.4) is 0 Å². The lowest BCUT2D eigenvalue weighted by Crippen LogP contribution is -2.51. The van der Waals surface area contributed by atoms with E-state index in [4.69, 9.17) is 27.9 Å². The molecular weight excluding hydrogens is 641 g/mol. The van der Waals surface area contributed by atoms with Crippen LogP contribution in [0, 0.1) is 0 Å². The standard InChI is InChI=1S/C28H30BrCl2N3O5S/c1-4-32-28(36)19(3)33(17-20-6-9-22(30)16-26(20)31)27(35)18-34(23-10-12-24(13-11-23)39-5-2)40(37,38)25-14-7-21(29)8-15-25/h6-16,19H,4-5,17-18H2,1-3H3,(H,32,36)/t19-/m0/s1. The van der Waals surface area contributed by atoms with E-state index in [1.165, 1.54) is 17.0 Å². The number of hydrogen-bond donors (Lipinski definition) is 1. The number of carbonyl (C=O) groups is 2. The highest BCUT2D eigenvalue weighted by atomic mass is 79.9. The summed E-state index contributed by atoms with van der Waals surface area (Å²) in [5.41, 5.74) is 0.814. The molecule has 1 N–H and O–H groups in total. The third kappa shape index (κ3) is 7.90. The van der Waals surface area contributed by atoms with Gasteiger partial charge < -0.3 is 15.0 Å². The first-order valence-corrected chi connectivity index (χ1v) is 15.5. The van der Waals surface area contributed by atoms with Crippen LogP contribution in [0.25, 0.3) is 0 Å². The normalized spacial score (nSPS) is 11.9. The minimum atomic E-state index is -4.19. The Kier molecular flexibility index (Phi) is 11.3. The largest absolute Gasteiger partial charge is 0.494 e. The molecule has 0 bridgehead atoms. The van der Waals surface area contributed by atoms with E-state index in [1.807, 2.05) is 6.92 Å². The summed E-state index contributed by atoms with van der Waals surface area (Å²) in [6.07, 6.45) is 0. The molecule has 40 heavy (non-hydrogen) atoms. The van der Waals surface area contributed by atoms with Crippen LogP contribution in [0.15, 0.2) is 76.1 Å². The summed E-state index contributed by atoms with van der Waals surface area (Å²) in [5, 5.41) is 3.46. The van der Waals surface area contributed by atoms with Crippen molar-refractivity contribution in [3.05, 3.63) is 86.8 Å². The summed E-state index contributed by atoms with van der Waals surface area (Å²) < 4.78 is 34.9. The molecule has 0 unspecified atom stereocenters. The highest BCUT2D eigenvalue weighted by molar-refractivity contribution is 9.10. The molecule has 0 saturated carbocycles. The molecule has 8 nitrogen and oxygen atoms in total. The molecule has 1 atom stereocenters. The number of nitrogens with zero attached hydrogens (tertiary/aromatic N) is 2. The van der Waals surface area contributed by atoms with Gasteiger partial charge in [0.2, 0.25) is 11.8 Å². The summed E-state index contributed by atoms with van der Waals surface area (Å²) in [7, 11) is -4.19. The maximum Gasteiger partial charge on any atom is 0.264 e. The van der Waals surface area contributed by atoms with Gasteiger partial charge in [-0.2, -0.15) is 0 Å². The topological polar surface area (TPSA) is 96.0 Å². The Hall–Kier alpha value is -2.79. The molecule has 0 aliphatic rings. The maximum absolute atomic E-state index is 13.9. The molecule has 0 heterocycles. The molecule has 0 aliphatic carbocycles. The van der Waals surface area contributed by atoms with Gasteiger partial charge in [-0.05, 0) is 87.0 Å². The van der Waals surface area contributed by atoms with Gasteiger partial charge in [0, 0.05) is 27.6 Å². The van der Waals surface area contributed by atoms with Crippen LogP contribution < -0.4 is 14.4 Å². The molecule has 0 fully saturated rings. The molecule has 3 aromatic carbocycles. The molecule has 3 aromatic rings. The summed E-state index contributed by atoms with van der Waals surface area (Å²) in [5.74, 6) is -0.425. The molecule has 2 amide bonds. The molecule has 3 rings (SSSR count). The molecular formula is C28H30BrCl2N3O5S. The van der Waals surface area contributed by atoms with E-state index in [2.05, 4.69) is 21.2 Å². The number of nitrogens with one attached hydrogen (secondary N) is 1. The average molecular weight is 671 g/mol. The first-order valence-electron chi connectivity index (χ1n) is 12.5. The third-order valence-corrected chi connectivity index (χ3v) is 8.89. The van der Waals surface area contributed by atoms with E-state index >= 15 is 0 Å². The number of amides is 2. The average Bonchev–Trinajstić information content (AvgIpc) is 2.92. The highest BCUT2D eigenvalue weighted by Gasteiger charge is 2.32. The number of halogens is 3. The smallest absolute Gasteiger partial charge is 0.264 e. The van der Waals surface area contributed by atoms with Crippen LogP contribution in [0.5, 0.6) is 5.75 Å². The SMILES string of the molecule is CCNC(=O)[C@H](C)N(Cc1ccc(Cl)cc1Cl)C(=O)CN(c1ccc(OCC)cc1)S(=O)(=O)c1ccc(Br)cc1. The lowest BCUT2D eigenvalue weighted by atomic mass is 10.1. The Labute approximate surface area is 253 Å². The number of hydrogen-bond acceptors (Lipinski definition) is 5. The van der Waals surface area contributed by atoms with Crippen molar-refractivity contribution in [1.82, 2.24) is 10.2 Å². The predicted octanol–water partition coefficient (Wildman–Crippen LogP) is 5.90. The van der Waals surface area contributed by atoms with Crippen LogP contribution in [0.1, 0.15) is 26.3 Å². The van der Waals surface area contributed by atoms with Gasteiger partial charge in [-0.15, -0.1) is 0 Å².